The van der Waals surface area contributed by atoms with E-state index in [-0.39, 0.29) is 41.6 Å². The molecule has 1 aliphatic carbocycles. The maximum Gasteiger partial charge on any atom is 0.304 e. The molecule has 0 aromatic rings. The monoisotopic (exact) mass is 330 g/mol. The highest BCUT2D eigenvalue weighted by Gasteiger charge is 2.79. The molecule has 0 bridgehead atoms. The number of ether oxygens (including phenoxy) is 3. The topological polar surface area (TPSA) is 78.9 Å². The Labute approximate surface area is 134 Å². The van der Waals surface area contributed by atoms with Crippen molar-refractivity contribution < 1.29 is 28.6 Å². The summed E-state index contributed by atoms with van der Waals surface area (Å²) in [6.07, 6.45) is -0.409. The van der Waals surface area contributed by atoms with Crippen LogP contribution in [0.3, 0.4) is 0 Å². The first kappa shape index (κ1) is 17.1. The third-order valence-corrected chi connectivity index (χ3v) is 5.74. The highest BCUT2D eigenvalue weighted by molar-refractivity contribution is 8.01. The van der Waals surface area contributed by atoms with E-state index in [9.17, 15) is 14.4 Å². The number of carbonyl (C=O) groups is 3. The largest absolute Gasteiger partial charge is 0.465 e. The minimum absolute atomic E-state index is 0.0501. The number of hydrogen-bond donors (Lipinski definition) is 0. The molecular formula is C15H22O6S. The van der Waals surface area contributed by atoms with Crippen LogP contribution in [0.25, 0.3) is 0 Å². The van der Waals surface area contributed by atoms with Gasteiger partial charge in [0.2, 0.25) is 0 Å². The molecule has 0 amide bonds. The van der Waals surface area contributed by atoms with Gasteiger partial charge in [-0.2, -0.15) is 0 Å². The lowest BCUT2D eigenvalue weighted by Gasteiger charge is -2.25. The van der Waals surface area contributed by atoms with Crippen LogP contribution < -0.4 is 0 Å². The van der Waals surface area contributed by atoms with Crippen LogP contribution in [0.1, 0.15) is 34.6 Å². The Kier molecular flexibility index (Phi) is 4.75. The summed E-state index contributed by atoms with van der Waals surface area (Å²) >= 11 is 1.45. The fraction of sp³-hybridized carbons (Fsp3) is 0.800. The molecule has 1 heterocycles. The number of esters is 3. The van der Waals surface area contributed by atoms with Crippen LogP contribution in [0.2, 0.25) is 0 Å². The van der Waals surface area contributed by atoms with Crippen molar-refractivity contribution in [2.24, 2.45) is 17.8 Å². The van der Waals surface area contributed by atoms with Gasteiger partial charge >= 0.3 is 17.9 Å². The van der Waals surface area contributed by atoms with E-state index in [4.69, 9.17) is 14.2 Å². The molecule has 22 heavy (non-hydrogen) atoms. The van der Waals surface area contributed by atoms with E-state index in [2.05, 4.69) is 13.8 Å². The fourth-order valence-electron chi connectivity index (χ4n) is 3.45. The van der Waals surface area contributed by atoms with Crippen LogP contribution in [0.4, 0.5) is 0 Å². The van der Waals surface area contributed by atoms with Crippen LogP contribution >= 0.6 is 11.8 Å². The van der Waals surface area contributed by atoms with E-state index in [1.54, 1.807) is 0 Å². The summed E-state index contributed by atoms with van der Waals surface area (Å²) in [5.41, 5.74) is 0. The lowest BCUT2D eigenvalue weighted by atomic mass is 10.0. The molecule has 6 nitrogen and oxygen atoms in total. The summed E-state index contributed by atoms with van der Waals surface area (Å²) in [6.45, 7) is 8.32. The highest BCUT2D eigenvalue weighted by Crippen LogP contribution is 2.72. The highest BCUT2D eigenvalue weighted by atomic mass is 32.2. The van der Waals surface area contributed by atoms with Gasteiger partial charge in [-0.15, -0.1) is 11.8 Å². The molecule has 1 saturated heterocycles. The van der Waals surface area contributed by atoms with E-state index >= 15 is 0 Å². The molecule has 5 atom stereocenters. The van der Waals surface area contributed by atoms with Gasteiger partial charge in [0.25, 0.3) is 0 Å². The predicted molar refractivity (Wildman–Crippen MR) is 79.9 cm³/mol. The standard InChI is InChI=1S/C15H22O6S/c1-7(2)12-13-14(20-9(4)17)11(6-19-8(3)16)22-15(12,13)21-10(5)18/h7,11-14H,6H2,1-5H3/t11-,12+,13?,14?,15?/m0/s1. The number of thioether (sulfide) groups is 1. The summed E-state index contributed by atoms with van der Waals surface area (Å²) in [7, 11) is 0. The van der Waals surface area contributed by atoms with Crippen LogP contribution in [0, 0.1) is 17.8 Å². The van der Waals surface area contributed by atoms with Gasteiger partial charge in [-0.25, -0.2) is 0 Å². The average Bonchev–Trinajstić information content (AvgIpc) is 2.89. The molecule has 2 rings (SSSR count). The first-order valence-corrected chi connectivity index (χ1v) is 8.25. The molecule has 2 aliphatic rings. The normalized spacial score (nSPS) is 35.7. The van der Waals surface area contributed by atoms with E-state index in [1.807, 2.05) is 0 Å². The zero-order valence-electron chi connectivity index (χ0n) is 13.5. The summed E-state index contributed by atoms with van der Waals surface area (Å²) in [4.78, 5) is 33.2. The van der Waals surface area contributed by atoms with Crippen molar-refractivity contribution in [3.8, 4) is 0 Å². The van der Waals surface area contributed by atoms with Gasteiger partial charge in [0.15, 0.2) is 4.93 Å². The number of hydrogen-bond acceptors (Lipinski definition) is 7. The van der Waals surface area contributed by atoms with Crippen molar-refractivity contribution in [2.45, 2.75) is 50.9 Å². The Balaban J connectivity index is 2.20. The van der Waals surface area contributed by atoms with Crippen molar-refractivity contribution in [1.82, 2.24) is 0 Å². The van der Waals surface area contributed by atoms with Gasteiger partial charge in [0.05, 0.1) is 11.2 Å². The van der Waals surface area contributed by atoms with Crippen molar-refractivity contribution in [1.29, 1.82) is 0 Å². The summed E-state index contributed by atoms with van der Waals surface area (Å²) in [5.74, 6) is -0.735. The Morgan fingerprint density at radius 1 is 1.09 bits per heavy atom. The molecule has 2 fully saturated rings. The third kappa shape index (κ3) is 3.09. The zero-order chi connectivity index (χ0) is 16.7. The molecule has 0 aromatic carbocycles. The Morgan fingerprint density at radius 3 is 2.18 bits per heavy atom. The van der Waals surface area contributed by atoms with Crippen LogP contribution in [0.5, 0.6) is 0 Å². The van der Waals surface area contributed by atoms with Crippen LogP contribution in [-0.2, 0) is 28.6 Å². The van der Waals surface area contributed by atoms with Crippen molar-refractivity contribution in [2.75, 3.05) is 6.61 Å². The molecule has 0 N–H and O–H groups in total. The summed E-state index contributed by atoms with van der Waals surface area (Å²) in [6, 6.07) is 0. The number of rotatable bonds is 5. The zero-order valence-corrected chi connectivity index (χ0v) is 14.3. The van der Waals surface area contributed by atoms with Gasteiger partial charge < -0.3 is 14.2 Å². The smallest absolute Gasteiger partial charge is 0.304 e. The molecule has 0 aromatic heterocycles. The maximum absolute atomic E-state index is 11.5. The minimum atomic E-state index is -0.662. The van der Waals surface area contributed by atoms with E-state index in [0.29, 0.717) is 5.92 Å². The van der Waals surface area contributed by atoms with Gasteiger partial charge in [-0.05, 0) is 5.92 Å². The first-order valence-electron chi connectivity index (χ1n) is 7.37. The van der Waals surface area contributed by atoms with E-state index < -0.39 is 11.0 Å². The van der Waals surface area contributed by atoms with Crippen LogP contribution in [-0.4, -0.2) is 40.8 Å². The molecule has 0 radical (unpaired) electrons. The van der Waals surface area contributed by atoms with Gasteiger partial charge in [-0.3, -0.25) is 14.4 Å². The molecule has 0 spiro atoms. The van der Waals surface area contributed by atoms with Gasteiger partial charge in [0.1, 0.15) is 12.7 Å². The maximum atomic E-state index is 11.5. The average molecular weight is 330 g/mol. The molecule has 1 aliphatic heterocycles. The predicted octanol–water partition coefficient (Wildman–Crippen LogP) is 1.76. The SMILES string of the molecule is CC(=O)OC[C@@H]1SC2(OC(C)=O)C(C1OC(C)=O)[C@H]2C(C)C. The second-order valence-corrected chi connectivity index (χ2v) is 7.62. The van der Waals surface area contributed by atoms with E-state index in [0.717, 1.165) is 0 Å². The Hall–Kier alpha value is -1.24. The third-order valence-electron chi connectivity index (χ3n) is 4.04. The molecule has 124 valence electrons. The number of fused-ring (bicyclic) bond motifs is 1. The Bertz CT molecular complexity index is 490. The first-order chi connectivity index (χ1) is 10.2. The molecule has 1 saturated carbocycles. The summed E-state index contributed by atoms with van der Waals surface area (Å²) in [5, 5.41) is -0.216. The van der Waals surface area contributed by atoms with Crippen molar-refractivity contribution in [3.63, 3.8) is 0 Å². The second-order valence-electron chi connectivity index (χ2n) is 6.14. The van der Waals surface area contributed by atoms with Crippen LogP contribution in [0.15, 0.2) is 0 Å². The fourth-order valence-corrected chi connectivity index (χ4v) is 5.53. The molecule has 3 unspecified atom stereocenters. The Morgan fingerprint density at radius 2 is 1.73 bits per heavy atom. The molecular weight excluding hydrogens is 308 g/mol. The molecule has 7 heteroatoms. The quantitative estimate of drug-likeness (QED) is 0.561. The van der Waals surface area contributed by atoms with E-state index in [1.165, 1.54) is 32.5 Å². The van der Waals surface area contributed by atoms with Gasteiger partial charge in [-0.1, -0.05) is 13.8 Å². The lowest BCUT2D eigenvalue weighted by Crippen LogP contribution is -2.33. The number of carbonyl (C=O) groups excluding carboxylic acids is 3. The van der Waals surface area contributed by atoms with Crippen molar-refractivity contribution in [3.05, 3.63) is 0 Å². The van der Waals surface area contributed by atoms with Gasteiger partial charge in [0, 0.05) is 26.7 Å². The minimum Gasteiger partial charge on any atom is -0.465 e. The second kappa shape index (κ2) is 6.10. The lowest BCUT2D eigenvalue weighted by molar-refractivity contribution is -0.149. The summed E-state index contributed by atoms with van der Waals surface area (Å²) < 4.78 is 16.1. The van der Waals surface area contributed by atoms with Crippen molar-refractivity contribution >= 4 is 29.7 Å².